The first-order valence-electron chi connectivity index (χ1n) is 7.75. The zero-order valence-electron chi connectivity index (χ0n) is 14.3. The molecule has 3 rings (SSSR count). The van der Waals surface area contributed by atoms with Gasteiger partial charge in [0.15, 0.2) is 0 Å². The molecule has 0 radical (unpaired) electrons. The fourth-order valence-corrected chi connectivity index (χ4v) is 5.70. The number of hydrogen-bond donors (Lipinski definition) is 1. The van der Waals surface area contributed by atoms with Crippen LogP contribution >= 0.6 is 22.7 Å². The largest absolute Gasteiger partial charge is 0.416 e. The summed E-state index contributed by atoms with van der Waals surface area (Å²) in [7, 11) is -3.86. The lowest BCUT2D eigenvalue weighted by Crippen LogP contribution is -2.23. The average Bonchev–Trinajstić information content (AvgIpc) is 3.19. The van der Waals surface area contributed by atoms with Crippen LogP contribution in [0.3, 0.4) is 0 Å². The normalized spacial score (nSPS) is 12.5. The van der Waals surface area contributed by atoms with Gasteiger partial charge in [0.1, 0.15) is 0 Å². The van der Waals surface area contributed by atoms with Gasteiger partial charge in [-0.25, -0.2) is 18.1 Å². The SMILES string of the molecule is Cc1nc(-c2cc(S(=O)(=O)NCc3cccc(C(F)(F)F)c3)c(C)s2)cs1. The van der Waals surface area contributed by atoms with Crippen molar-refractivity contribution in [2.45, 2.75) is 31.5 Å². The predicted octanol–water partition coefficient (Wildman–Crippen LogP) is 4.99. The Labute approximate surface area is 162 Å². The Morgan fingerprint density at radius 2 is 1.93 bits per heavy atom. The van der Waals surface area contributed by atoms with Gasteiger partial charge >= 0.3 is 6.18 Å². The van der Waals surface area contributed by atoms with Crippen molar-refractivity contribution in [3.63, 3.8) is 0 Å². The number of sulfonamides is 1. The zero-order chi connectivity index (χ0) is 19.8. The molecule has 0 unspecified atom stereocenters. The molecule has 0 aliphatic heterocycles. The molecule has 0 amide bonds. The van der Waals surface area contributed by atoms with Crippen LogP contribution in [0.4, 0.5) is 13.2 Å². The molecular weight excluding hydrogens is 417 g/mol. The van der Waals surface area contributed by atoms with Crippen molar-refractivity contribution in [2.75, 3.05) is 0 Å². The molecule has 0 fully saturated rings. The molecule has 1 aromatic carbocycles. The van der Waals surface area contributed by atoms with E-state index in [2.05, 4.69) is 9.71 Å². The number of nitrogens with zero attached hydrogens (tertiary/aromatic N) is 1. The van der Waals surface area contributed by atoms with Crippen LogP contribution in [0.25, 0.3) is 10.6 Å². The summed E-state index contributed by atoms with van der Waals surface area (Å²) in [6, 6.07) is 6.13. The van der Waals surface area contributed by atoms with Crippen molar-refractivity contribution in [3.05, 3.63) is 56.7 Å². The van der Waals surface area contributed by atoms with Crippen molar-refractivity contribution in [1.29, 1.82) is 0 Å². The molecule has 0 saturated heterocycles. The predicted molar refractivity (Wildman–Crippen MR) is 100 cm³/mol. The summed E-state index contributed by atoms with van der Waals surface area (Å²) in [4.78, 5) is 5.78. The maximum atomic E-state index is 12.8. The summed E-state index contributed by atoms with van der Waals surface area (Å²) >= 11 is 2.78. The van der Waals surface area contributed by atoms with E-state index in [-0.39, 0.29) is 17.0 Å². The molecular formula is C17H15F3N2O2S3. The number of alkyl halides is 3. The van der Waals surface area contributed by atoms with Gasteiger partial charge < -0.3 is 0 Å². The summed E-state index contributed by atoms with van der Waals surface area (Å²) in [5, 5.41) is 2.73. The highest BCUT2D eigenvalue weighted by molar-refractivity contribution is 7.89. The molecule has 0 atom stereocenters. The number of thiazole rings is 1. The van der Waals surface area contributed by atoms with Gasteiger partial charge in [0.05, 0.1) is 26.0 Å². The van der Waals surface area contributed by atoms with Crippen LogP contribution in [0.2, 0.25) is 0 Å². The minimum Gasteiger partial charge on any atom is -0.241 e. The van der Waals surface area contributed by atoms with Crippen molar-refractivity contribution in [2.24, 2.45) is 0 Å². The molecule has 1 N–H and O–H groups in total. The van der Waals surface area contributed by atoms with Crippen LogP contribution in [0.15, 0.2) is 40.6 Å². The Balaban J connectivity index is 1.81. The van der Waals surface area contributed by atoms with E-state index < -0.39 is 21.8 Å². The van der Waals surface area contributed by atoms with E-state index in [4.69, 9.17) is 0 Å². The molecule has 0 spiro atoms. The summed E-state index contributed by atoms with van der Waals surface area (Å²) in [5.74, 6) is 0. The van der Waals surface area contributed by atoms with Gasteiger partial charge in [-0.2, -0.15) is 13.2 Å². The first kappa shape index (κ1) is 20.0. The number of halogens is 3. The maximum absolute atomic E-state index is 12.8. The zero-order valence-corrected chi connectivity index (χ0v) is 16.7. The van der Waals surface area contributed by atoms with Crippen LogP contribution in [-0.2, 0) is 22.7 Å². The Kier molecular flexibility index (Phi) is 5.44. The number of rotatable bonds is 5. The van der Waals surface area contributed by atoms with E-state index in [1.165, 1.54) is 34.8 Å². The highest BCUT2D eigenvalue weighted by atomic mass is 32.2. The van der Waals surface area contributed by atoms with Gasteiger partial charge in [0, 0.05) is 16.8 Å². The third-order valence-corrected chi connectivity index (χ3v) is 7.26. The van der Waals surface area contributed by atoms with Gasteiger partial charge in [0.2, 0.25) is 10.0 Å². The molecule has 0 aliphatic rings. The fraction of sp³-hybridized carbons (Fsp3) is 0.235. The Bertz CT molecular complexity index is 1070. The smallest absolute Gasteiger partial charge is 0.241 e. The number of thiophene rings is 1. The van der Waals surface area contributed by atoms with Gasteiger partial charge in [-0.15, -0.1) is 22.7 Å². The lowest BCUT2D eigenvalue weighted by molar-refractivity contribution is -0.137. The second-order valence-corrected chi connectivity index (χ2v) is 9.86. The molecule has 0 saturated carbocycles. The summed E-state index contributed by atoms with van der Waals surface area (Å²) in [5.41, 5.74) is 0.133. The van der Waals surface area contributed by atoms with Gasteiger partial charge in [-0.05, 0) is 31.5 Å². The van der Waals surface area contributed by atoms with Crippen LogP contribution in [-0.4, -0.2) is 13.4 Å². The maximum Gasteiger partial charge on any atom is 0.416 e. The second-order valence-electron chi connectivity index (χ2n) is 5.81. The monoisotopic (exact) mass is 432 g/mol. The van der Waals surface area contributed by atoms with Crippen LogP contribution in [0.1, 0.15) is 21.0 Å². The Morgan fingerprint density at radius 1 is 1.19 bits per heavy atom. The van der Waals surface area contributed by atoms with E-state index in [0.29, 0.717) is 10.6 Å². The molecule has 2 heterocycles. The number of benzene rings is 1. The summed E-state index contributed by atoms with van der Waals surface area (Å²) < 4.78 is 66.0. The quantitative estimate of drug-likeness (QED) is 0.618. The van der Waals surface area contributed by atoms with E-state index >= 15 is 0 Å². The third-order valence-electron chi connectivity index (χ3n) is 3.75. The first-order valence-corrected chi connectivity index (χ1v) is 10.9. The van der Waals surface area contributed by atoms with Crippen molar-refractivity contribution >= 4 is 32.7 Å². The summed E-state index contributed by atoms with van der Waals surface area (Å²) in [6.07, 6.45) is -4.47. The Morgan fingerprint density at radius 3 is 2.56 bits per heavy atom. The van der Waals surface area contributed by atoms with Crippen molar-refractivity contribution in [1.82, 2.24) is 9.71 Å². The molecule has 2 aromatic heterocycles. The Hall–Kier alpha value is -1.75. The van der Waals surface area contributed by atoms with Gasteiger partial charge in [-0.1, -0.05) is 18.2 Å². The minimum atomic E-state index is -4.47. The molecule has 4 nitrogen and oxygen atoms in total. The van der Waals surface area contributed by atoms with E-state index in [1.54, 1.807) is 13.0 Å². The molecule has 0 bridgehead atoms. The second kappa shape index (κ2) is 7.34. The van der Waals surface area contributed by atoms with Crippen molar-refractivity contribution < 1.29 is 21.6 Å². The number of aryl methyl sites for hydroxylation is 2. The number of aromatic nitrogens is 1. The highest BCUT2D eigenvalue weighted by Gasteiger charge is 2.30. The molecule has 3 aromatic rings. The van der Waals surface area contributed by atoms with Gasteiger partial charge in [0.25, 0.3) is 0 Å². The van der Waals surface area contributed by atoms with E-state index in [1.807, 2.05) is 12.3 Å². The van der Waals surface area contributed by atoms with Crippen LogP contribution < -0.4 is 4.72 Å². The average molecular weight is 433 g/mol. The van der Waals surface area contributed by atoms with E-state index in [9.17, 15) is 21.6 Å². The van der Waals surface area contributed by atoms with Crippen LogP contribution in [0.5, 0.6) is 0 Å². The minimum absolute atomic E-state index is 0.111. The highest BCUT2D eigenvalue weighted by Crippen LogP contribution is 2.34. The van der Waals surface area contributed by atoms with Crippen molar-refractivity contribution in [3.8, 4) is 10.6 Å². The van der Waals surface area contributed by atoms with Gasteiger partial charge in [-0.3, -0.25) is 0 Å². The standard InChI is InChI=1S/C17H15F3N2O2S3/c1-10-16(7-15(26-10)14-9-25-11(2)22-14)27(23,24)21-8-12-4-3-5-13(6-12)17(18,19)20/h3-7,9,21H,8H2,1-2H3. The van der Waals surface area contributed by atoms with E-state index in [0.717, 1.165) is 22.0 Å². The number of hydrogen-bond acceptors (Lipinski definition) is 5. The lowest BCUT2D eigenvalue weighted by atomic mass is 10.1. The third kappa shape index (κ3) is 4.57. The molecule has 10 heteroatoms. The van der Waals surface area contributed by atoms with Crippen LogP contribution in [0, 0.1) is 13.8 Å². The lowest BCUT2D eigenvalue weighted by Gasteiger charge is -2.10. The molecule has 144 valence electrons. The molecule has 0 aliphatic carbocycles. The number of nitrogens with one attached hydrogen (secondary N) is 1. The molecule has 27 heavy (non-hydrogen) atoms. The fourth-order valence-electron chi connectivity index (χ4n) is 2.45. The summed E-state index contributed by atoms with van der Waals surface area (Å²) in [6.45, 7) is 3.32. The first-order chi connectivity index (χ1) is 12.6. The topological polar surface area (TPSA) is 59.1 Å².